The maximum absolute atomic E-state index is 6.22. The summed E-state index contributed by atoms with van der Waals surface area (Å²) < 4.78 is 5.83. The first-order valence-electron chi connectivity index (χ1n) is 6.30. The molecule has 0 amide bonds. The lowest BCUT2D eigenvalue weighted by atomic mass is 10.0. The fraction of sp³-hybridized carbons (Fsp3) is 0.538. The van der Waals surface area contributed by atoms with Gasteiger partial charge in [-0.25, -0.2) is 0 Å². The van der Waals surface area contributed by atoms with E-state index in [9.17, 15) is 0 Å². The average molecular weight is 270 g/mol. The molecule has 0 aromatic heterocycles. The van der Waals surface area contributed by atoms with Crippen molar-refractivity contribution in [1.29, 1.82) is 0 Å². The highest BCUT2D eigenvalue weighted by Crippen LogP contribution is 2.27. The molecule has 1 aliphatic rings. The number of likely N-dealkylation sites (N-methyl/N-ethyl adjacent to an activating group) is 1. The number of nitrogens with one attached hydrogen (secondary N) is 1. The van der Waals surface area contributed by atoms with Crippen molar-refractivity contribution in [3.05, 3.63) is 34.9 Å². The monoisotopic (exact) mass is 269 g/mol. The van der Waals surface area contributed by atoms with Crippen molar-refractivity contribution in [3.63, 3.8) is 0 Å². The SMILES string of the molecule is CCN1CCOC(C(NN)c2ccccc2Cl)C1. The lowest BCUT2D eigenvalue weighted by molar-refractivity contribution is -0.0456. The predicted octanol–water partition coefficient (Wildman–Crippen LogP) is 1.57. The normalized spacial score (nSPS) is 22.9. The largest absolute Gasteiger partial charge is 0.374 e. The topological polar surface area (TPSA) is 50.5 Å². The minimum Gasteiger partial charge on any atom is -0.374 e. The van der Waals surface area contributed by atoms with Gasteiger partial charge in [-0.3, -0.25) is 16.2 Å². The summed E-state index contributed by atoms with van der Waals surface area (Å²) in [5, 5.41) is 0.720. The number of rotatable bonds is 4. The fourth-order valence-electron chi connectivity index (χ4n) is 2.35. The summed E-state index contributed by atoms with van der Waals surface area (Å²) in [5.74, 6) is 5.68. The van der Waals surface area contributed by atoms with Gasteiger partial charge in [0.05, 0.1) is 18.8 Å². The highest BCUT2D eigenvalue weighted by Gasteiger charge is 2.29. The second-order valence-corrected chi connectivity index (χ2v) is 4.88. The van der Waals surface area contributed by atoms with Crippen LogP contribution in [0.5, 0.6) is 0 Å². The summed E-state index contributed by atoms with van der Waals surface area (Å²) >= 11 is 6.22. The van der Waals surface area contributed by atoms with Gasteiger partial charge in [-0.2, -0.15) is 0 Å². The Labute approximate surface area is 113 Å². The molecule has 2 atom stereocenters. The van der Waals surface area contributed by atoms with Crippen molar-refractivity contribution in [2.45, 2.75) is 19.1 Å². The van der Waals surface area contributed by atoms with Crippen LogP contribution in [0, 0.1) is 0 Å². The predicted molar refractivity (Wildman–Crippen MR) is 73.4 cm³/mol. The minimum atomic E-state index is -0.0759. The summed E-state index contributed by atoms with van der Waals surface area (Å²) in [5.41, 5.74) is 3.83. The summed E-state index contributed by atoms with van der Waals surface area (Å²) in [6.07, 6.45) is 0.0311. The maximum atomic E-state index is 6.22. The molecular formula is C13H20ClN3O. The van der Waals surface area contributed by atoms with E-state index in [0.717, 1.165) is 36.8 Å². The van der Waals surface area contributed by atoms with E-state index in [2.05, 4.69) is 17.2 Å². The van der Waals surface area contributed by atoms with Crippen LogP contribution in [-0.2, 0) is 4.74 Å². The molecule has 0 saturated carbocycles. The summed E-state index contributed by atoms with van der Waals surface area (Å²) in [6.45, 7) is 5.77. The number of hydrazine groups is 1. The zero-order chi connectivity index (χ0) is 13.0. The lowest BCUT2D eigenvalue weighted by Crippen LogP contribution is -2.49. The third-order valence-corrected chi connectivity index (χ3v) is 3.76. The molecule has 2 unspecified atom stereocenters. The lowest BCUT2D eigenvalue weighted by Gasteiger charge is -2.36. The molecule has 1 saturated heterocycles. The highest BCUT2D eigenvalue weighted by molar-refractivity contribution is 6.31. The first-order chi connectivity index (χ1) is 8.76. The maximum Gasteiger partial charge on any atom is 0.0910 e. The van der Waals surface area contributed by atoms with Crippen molar-refractivity contribution < 1.29 is 4.74 Å². The quantitative estimate of drug-likeness (QED) is 0.644. The van der Waals surface area contributed by atoms with Gasteiger partial charge in [-0.1, -0.05) is 36.7 Å². The van der Waals surface area contributed by atoms with Gasteiger partial charge in [0, 0.05) is 18.1 Å². The number of hydrogen-bond acceptors (Lipinski definition) is 4. The molecule has 1 aromatic rings. The Kier molecular flexibility index (Phi) is 4.97. The van der Waals surface area contributed by atoms with Crippen molar-refractivity contribution in [1.82, 2.24) is 10.3 Å². The number of benzene rings is 1. The van der Waals surface area contributed by atoms with E-state index in [0.29, 0.717) is 0 Å². The van der Waals surface area contributed by atoms with E-state index in [1.165, 1.54) is 0 Å². The number of morpholine rings is 1. The zero-order valence-corrected chi connectivity index (χ0v) is 11.4. The molecule has 3 N–H and O–H groups in total. The van der Waals surface area contributed by atoms with Crippen LogP contribution in [0.2, 0.25) is 5.02 Å². The molecule has 2 rings (SSSR count). The fourth-order valence-corrected chi connectivity index (χ4v) is 2.60. The second-order valence-electron chi connectivity index (χ2n) is 4.47. The van der Waals surface area contributed by atoms with Gasteiger partial charge in [0.15, 0.2) is 0 Å². The van der Waals surface area contributed by atoms with E-state index in [-0.39, 0.29) is 12.1 Å². The standard InChI is InChI=1S/C13H20ClN3O/c1-2-17-7-8-18-12(9-17)13(16-15)10-5-3-4-6-11(10)14/h3-6,12-13,16H,2,7-9,15H2,1H3. The van der Waals surface area contributed by atoms with Crippen molar-refractivity contribution >= 4 is 11.6 Å². The smallest absolute Gasteiger partial charge is 0.0910 e. The summed E-state index contributed by atoms with van der Waals surface area (Å²) in [7, 11) is 0. The molecule has 4 nitrogen and oxygen atoms in total. The molecule has 1 aromatic carbocycles. The Hall–Kier alpha value is -0.650. The van der Waals surface area contributed by atoms with Crippen LogP contribution >= 0.6 is 11.6 Å². The van der Waals surface area contributed by atoms with E-state index < -0.39 is 0 Å². The average Bonchev–Trinajstić information content (AvgIpc) is 2.42. The first kappa shape index (κ1) is 13.8. The Morgan fingerprint density at radius 1 is 1.56 bits per heavy atom. The van der Waals surface area contributed by atoms with Crippen LogP contribution in [-0.4, -0.2) is 37.2 Å². The van der Waals surface area contributed by atoms with Gasteiger partial charge in [0.25, 0.3) is 0 Å². The van der Waals surface area contributed by atoms with Gasteiger partial charge in [-0.05, 0) is 18.2 Å². The number of ether oxygens (including phenoxy) is 1. The van der Waals surface area contributed by atoms with E-state index in [1.54, 1.807) is 0 Å². The van der Waals surface area contributed by atoms with Gasteiger partial charge in [0.1, 0.15) is 0 Å². The van der Waals surface area contributed by atoms with Crippen molar-refractivity contribution in [2.75, 3.05) is 26.2 Å². The molecule has 5 heteroatoms. The first-order valence-corrected chi connectivity index (χ1v) is 6.68. The van der Waals surface area contributed by atoms with Gasteiger partial charge in [0.2, 0.25) is 0 Å². The van der Waals surface area contributed by atoms with Crippen LogP contribution < -0.4 is 11.3 Å². The Bertz CT molecular complexity index is 388. The van der Waals surface area contributed by atoms with Crippen molar-refractivity contribution in [3.8, 4) is 0 Å². The van der Waals surface area contributed by atoms with Crippen LogP contribution in [0.15, 0.2) is 24.3 Å². The molecule has 0 spiro atoms. The third kappa shape index (κ3) is 3.02. The molecule has 18 heavy (non-hydrogen) atoms. The van der Waals surface area contributed by atoms with E-state index in [4.69, 9.17) is 22.2 Å². The van der Waals surface area contributed by atoms with Crippen LogP contribution in [0.4, 0.5) is 0 Å². The minimum absolute atomic E-state index is 0.0311. The molecule has 1 aliphatic heterocycles. The number of hydrogen-bond donors (Lipinski definition) is 2. The van der Waals surface area contributed by atoms with E-state index >= 15 is 0 Å². The molecule has 1 fully saturated rings. The summed E-state index contributed by atoms with van der Waals surface area (Å²) in [6, 6.07) is 7.67. The number of nitrogens with two attached hydrogens (primary N) is 1. The molecule has 100 valence electrons. The van der Waals surface area contributed by atoms with Crippen LogP contribution in [0.1, 0.15) is 18.5 Å². The zero-order valence-electron chi connectivity index (χ0n) is 10.6. The number of nitrogens with zero attached hydrogens (tertiary/aromatic N) is 1. The number of halogens is 1. The highest BCUT2D eigenvalue weighted by atomic mass is 35.5. The van der Waals surface area contributed by atoms with Gasteiger partial charge < -0.3 is 4.74 Å². The Morgan fingerprint density at radius 2 is 2.33 bits per heavy atom. The van der Waals surface area contributed by atoms with Crippen LogP contribution in [0.25, 0.3) is 0 Å². The molecule has 0 aliphatic carbocycles. The van der Waals surface area contributed by atoms with Crippen LogP contribution in [0.3, 0.4) is 0 Å². The van der Waals surface area contributed by atoms with Gasteiger partial charge >= 0.3 is 0 Å². The Morgan fingerprint density at radius 3 is 3.00 bits per heavy atom. The molecular weight excluding hydrogens is 250 g/mol. The third-order valence-electron chi connectivity index (χ3n) is 3.42. The Balaban J connectivity index is 2.15. The summed E-state index contributed by atoms with van der Waals surface area (Å²) in [4.78, 5) is 2.36. The molecule has 0 bridgehead atoms. The second kappa shape index (κ2) is 6.50. The van der Waals surface area contributed by atoms with Gasteiger partial charge in [-0.15, -0.1) is 0 Å². The molecule has 1 heterocycles. The van der Waals surface area contributed by atoms with E-state index in [1.807, 2.05) is 24.3 Å². The molecule has 0 radical (unpaired) electrons. The van der Waals surface area contributed by atoms with Crippen molar-refractivity contribution in [2.24, 2.45) is 5.84 Å².